The number of hydrogen-bond donors (Lipinski definition) is 0. The molecule has 0 aliphatic carbocycles. The summed E-state index contributed by atoms with van der Waals surface area (Å²) in [6.07, 6.45) is 1.56. The van der Waals surface area contributed by atoms with Gasteiger partial charge in [-0.15, -0.1) is 0 Å². The molecule has 0 fully saturated rings. The van der Waals surface area contributed by atoms with E-state index in [-0.39, 0.29) is 5.75 Å². The van der Waals surface area contributed by atoms with Crippen LogP contribution in [0.1, 0.15) is 23.1 Å². The molecule has 1 heterocycles. The number of hydrogen-bond acceptors (Lipinski definition) is 4. The molecule has 0 amide bonds. The number of rotatable bonds is 5. The number of sulfonamides is 1. The fraction of sp³-hybridized carbons (Fsp3) is 0.368. The van der Waals surface area contributed by atoms with Crippen molar-refractivity contribution in [3.63, 3.8) is 0 Å². The third-order valence-electron chi connectivity index (χ3n) is 4.44. The van der Waals surface area contributed by atoms with Crippen molar-refractivity contribution in [3.8, 4) is 11.5 Å². The van der Waals surface area contributed by atoms with Crippen LogP contribution in [0.25, 0.3) is 0 Å². The van der Waals surface area contributed by atoms with Crippen LogP contribution in [-0.2, 0) is 22.2 Å². The van der Waals surface area contributed by atoms with Crippen molar-refractivity contribution in [3.05, 3.63) is 53.1 Å². The lowest BCUT2D eigenvalue weighted by Gasteiger charge is -2.31. The van der Waals surface area contributed by atoms with Crippen LogP contribution < -0.4 is 13.8 Å². The molecule has 2 aromatic carbocycles. The van der Waals surface area contributed by atoms with Crippen molar-refractivity contribution in [2.45, 2.75) is 25.5 Å². The molecule has 1 aliphatic rings. The molecule has 0 radical (unpaired) electrons. The molecule has 0 saturated carbocycles. The Labute approximate surface area is 149 Å². The van der Waals surface area contributed by atoms with Gasteiger partial charge in [-0.1, -0.05) is 29.8 Å². The zero-order valence-corrected chi connectivity index (χ0v) is 15.6. The highest BCUT2D eigenvalue weighted by atomic mass is 32.2. The second kappa shape index (κ2) is 6.96. The van der Waals surface area contributed by atoms with Gasteiger partial charge in [-0.25, -0.2) is 8.42 Å². The predicted molar refractivity (Wildman–Crippen MR) is 99.0 cm³/mol. The molecule has 0 saturated heterocycles. The summed E-state index contributed by atoms with van der Waals surface area (Å²) >= 11 is 0. The third-order valence-corrected chi connectivity index (χ3v) is 6.19. The number of anilines is 1. The Morgan fingerprint density at radius 2 is 1.92 bits per heavy atom. The van der Waals surface area contributed by atoms with Crippen molar-refractivity contribution in [2.24, 2.45) is 0 Å². The largest absolute Gasteiger partial charge is 0.497 e. The molecule has 0 spiro atoms. The molecule has 0 N–H and O–H groups in total. The Bertz CT molecular complexity index is 877. The van der Waals surface area contributed by atoms with E-state index in [0.717, 1.165) is 29.5 Å². The highest BCUT2D eigenvalue weighted by molar-refractivity contribution is 7.92. The molecule has 2 aromatic rings. The molecule has 25 heavy (non-hydrogen) atoms. The summed E-state index contributed by atoms with van der Waals surface area (Å²) in [5.41, 5.74) is 3.43. The fourth-order valence-corrected chi connectivity index (χ4v) is 4.91. The van der Waals surface area contributed by atoms with Crippen LogP contribution in [0, 0.1) is 6.92 Å². The van der Waals surface area contributed by atoms with Gasteiger partial charge >= 0.3 is 0 Å². The molecule has 5 nitrogen and oxygen atoms in total. The summed E-state index contributed by atoms with van der Waals surface area (Å²) in [5, 5.41) is 0. The first-order valence-corrected chi connectivity index (χ1v) is 9.86. The van der Waals surface area contributed by atoms with E-state index in [9.17, 15) is 8.42 Å². The average Bonchev–Trinajstić information content (AvgIpc) is 2.59. The molecule has 134 valence electrons. The van der Waals surface area contributed by atoms with Crippen LogP contribution in [0.3, 0.4) is 0 Å². The van der Waals surface area contributed by atoms with Gasteiger partial charge < -0.3 is 9.47 Å². The average molecular weight is 361 g/mol. The minimum Gasteiger partial charge on any atom is -0.497 e. The SMILES string of the molecule is COc1cc(OC)c2c(c1)N(S(=O)(=O)Cc1cccc(C)c1)CCC2. The van der Waals surface area contributed by atoms with E-state index < -0.39 is 10.0 Å². The molecule has 3 rings (SSSR count). The minimum absolute atomic E-state index is 0.0202. The van der Waals surface area contributed by atoms with Crippen LogP contribution in [0.4, 0.5) is 5.69 Å². The van der Waals surface area contributed by atoms with Crippen molar-refractivity contribution in [2.75, 3.05) is 25.1 Å². The monoisotopic (exact) mass is 361 g/mol. The van der Waals surface area contributed by atoms with Crippen LogP contribution in [-0.4, -0.2) is 29.2 Å². The maximum atomic E-state index is 13.1. The van der Waals surface area contributed by atoms with Crippen LogP contribution >= 0.6 is 0 Å². The van der Waals surface area contributed by atoms with E-state index >= 15 is 0 Å². The second-order valence-corrected chi connectivity index (χ2v) is 8.14. The van der Waals surface area contributed by atoms with Crippen molar-refractivity contribution >= 4 is 15.7 Å². The van der Waals surface area contributed by atoms with Gasteiger partial charge in [0.1, 0.15) is 11.5 Å². The van der Waals surface area contributed by atoms with Gasteiger partial charge in [0.15, 0.2) is 0 Å². The van der Waals surface area contributed by atoms with Gasteiger partial charge in [-0.3, -0.25) is 4.31 Å². The fourth-order valence-electron chi connectivity index (χ4n) is 3.28. The number of benzene rings is 2. The summed E-state index contributed by atoms with van der Waals surface area (Å²) in [5.74, 6) is 1.24. The van der Waals surface area contributed by atoms with Gasteiger partial charge in [0.2, 0.25) is 10.0 Å². The minimum atomic E-state index is -3.49. The standard InChI is InChI=1S/C19H23NO4S/c1-14-6-4-7-15(10-14)13-25(21,22)20-9-5-8-17-18(20)11-16(23-2)12-19(17)24-3/h4,6-7,10-12H,5,8-9,13H2,1-3H3. The predicted octanol–water partition coefficient (Wildman–Crippen LogP) is 3.29. The lowest BCUT2D eigenvalue weighted by atomic mass is 10.0. The first-order chi connectivity index (χ1) is 11.9. The summed E-state index contributed by atoms with van der Waals surface area (Å²) in [6, 6.07) is 11.2. The van der Waals surface area contributed by atoms with Gasteiger partial charge in [0, 0.05) is 24.2 Å². The summed E-state index contributed by atoms with van der Waals surface area (Å²) < 4.78 is 38.4. The number of fused-ring (bicyclic) bond motifs is 1. The van der Waals surface area contributed by atoms with E-state index in [0.29, 0.717) is 23.7 Å². The smallest absolute Gasteiger partial charge is 0.239 e. The topological polar surface area (TPSA) is 55.8 Å². The lowest BCUT2D eigenvalue weighted by molar-refractivity contribution is 0.390. The Balaban J connectivity index is 2.01. The maximum absolute atomic E-state index is 13.1. The van der Waals surface area contributed by atoms with Gasteiger partial charge in [-0.2, -0.15) is 0 Å². The quantitative estimate of drug-likeness (QED) is 0.820. The van der Waals surface area contributed by atoms with Crippen LogP contribution in [0.5, 0.6) is 11.5 Å². The Morgan fingerprint density at radius 1 is 1.12 bits per heavy atom. The normalized spacial score (nSPS) is 14.1. The van der Waals surface area contributed by atoms with E-state index in [1.807, 2.05) is 31.2 Å². The number of methoxy groups -OCH3 is 2. The Hall–Kier alpha value is -2.21. The van der Waals surface area contributed by atoms with Crippen molar-refractivity contribution < 1.29 is 17.9 Å². The molecule has 0 bridgehead atoms. The third kappa shape index (κ3) is 3.58. The number of nitrogens with zero attached hydrogens (tertiary/aromatic N) is 1. The first-order valence-electron chi connectivity index (χ1n) is 8.25. The summed E-state index contributed by atoms with van der Waals surface area (Å²) in [4.78, 5) is 0. The zero-order valence-electron chi connectivity index (χ0n) is 14.8. The first kappa shape index (κ1) is 17.6. The molecule has 6 heteroatoms. The Morgan fingerprint density at radius 3 is 2.60 bits per heavy atom. The molecular weight excluding hydrogens is 338 g/mol. The molecule has 0 atom stereocenters. The maximum Gasteiger partial charge on any atom is 0.239 e. The summed E-state index contributed by atoms with van der Waals surface area (Å²) in [7, 11) is -0.337. The molecule has 0 unspecified atom stereocenters. The van der Waals surface area contributed by atoms with Gasteiger partial charge in [0.05, 0.1) is 25.7 Å². The molecule has 0 aromatic heterocycles. The number of ether oxygens (including phenoxy) is 2. The van der Waals surface area contributed by atoms with Gasteiger partial charge in [0.25, 0.3) is 0 Å². The molecule has 1 aliphatic heterocycles. The van der Waals surface area contributed by atoms with Gasteiger partial charge in [-0.05, 0) is 25.3 Å². The van der Waals surface area contributed by atoms with E-state index in [4.69, 9.17) is 9.47 Å². The lowest BCUT2D eigenvalue weighted by Crippen LogP contribution is -2.36. The van der Waals surface area contributed by atoms with Crippen LogP contribution in [0.15, 0.2) is 36.4 Å². The highest BCUT2D eigenvalue weighted by Gasteiger charge is 2.30. The second-order valence-electron chi connectivity index (χ2n) is 6.25. The van der Waals surface area contributed by atoms with E-state index in [1.165, 1.54) is 4.31 Å². The van der Waals surface area contributed by atoms with Crippen molar-refractivity contribution in [1.29, 1.82) is 0 Å². The van der Waals surface area contributed by atoms with E-state index in [1.54, 1.807) is 26.4 Å². The molecular formula is C19H23NO4S. The van der Waals surface area contributed by atoms with Crippen molar-refractivity contribution in [1.82, 2.24) is 0 Å². The highest BCUT2D eigenvalue weighted by Crippen LogP contribution is 2.39. The van der Waals surface area contributed by atoms with E-state index in [2.05, 4.69) is 0 Å². The number of aryl methyl sites for hydroxylation is 1. The summed E-state index contributed by atoms with van der Waals surface area (Å²) in [6.45, 7) is 2.43. The van der Waals surface area contributed by atoms with Crippen LogP contribution in [0.2, 0.25) is 0 Å². The zero-order chi connectivity index (χ0) is 18.0. The Kier molecular flexibility index (Phi) is 4.90.